The molecule has 0 atom stereocenters. The molecule has 5 heteroatoms. The van der Waals surface area contributed by atoms with Crippen LogP contribution >= 0.6 is 0 Å². The molecular formula is C10H10N4O. The third kappa shape index (κ3) is 2.19. The van der Waals surface area contributed by atoms with Crippen LogP contribution in [0.5, 0.6) is 0 Å². The Kier molecular flexibility index (Phi) is 2.45. The number of primary amides is 1. The summed E-state index contributed by atoms with van der Waals surface area (Å²) >= 11 is 0. The average Bonchev–Trinajstić information content (AvgIpc) is 2.68. The van der Waals surface area contributed by atoms with E-state index in [1.54, 1.807) is 29.3 Å². The molecule has 15 heavy (non-hydrogen) atoms. The van der Waals surface area contributed by atoms with Gasteiger partial charge in [-0.15, -0.1) is 0 Å². The Morgan fingerprint density at radius 3 is 2.93 bits per heavy atom. The number of rotatable bonds is 3. The molecule has 2 aromatic heterocycles. The molecule has 5 nitrogen and oxygen atoms in total. The largest absolute Gasteiger partial charge is 0.364 e. The molecule has 2 N–H and O–H groups in total. The van der Waals surface area contributed by atoms with Gasteiger partial charge in [-0.05, 0) is 17.7 Å². The minimum Gasteiger partial charge on any atom is -0.364 e. The number of carbonyl (C=O) groups is 1. The van der Waals surface area contributed by atoms with Gasteiger partial charge in [0.15, 0.2) is 0 Å². The van der Waals surface area contributed by atoms with Crippen molar-refractivity contribution in [1.82, 2.24) is 14.8 Å². The fourth-order valence-corrected chi connectivity index (χ4v) is 1.26. The second-order valence-electron chi connectivity index (χ2n) is 3.12. The molecule has 76 valence electrons. The van der Waals surface area contributed by atoms with Gasteiger partial charge in [0.05, 0.1) is 6.54 Å². The lowest BCUT2D eigenvalue weighted by Gasteiger charge is -1.99. The Bertz CT molecular complexity index is 463. The van der Waals surface area contributed by atoms with Crippen LogP contribution in [0.2, 0.25) is 0 Å². The molecule has 0 unspecified atom stereocenters. The molecule has 0 spiro atoms. The smallest absolute Gasteiger partial charge is 0.269 e. The van der Waals surface area contributed by atoms with Gasteiger partial charge < -0.3 is 5.73 Å². The molecule has 0 radical (unpaired) electrons. The number of pyridine rings is 1. The summed E-state index contributed by atoms with van der Waals surface area (Å²) < 4.78 is 1.65. The Morgan fingerprint density at radius 2 is 2.33 bits per heavy atom. The van der Waals surface area contributed by atoms with Crippen LogP contribution in [0, 0.1) is 0 Å². The van der Waals surface area contributed by atoms with Gasteiger partial charge in [0.2, 0.25) is 0 Å². The highest BCUT2D eigenvalue weighted by molar-refractivity contribution is 5.90. The van der Waals surface area contributed by atoms with Crippen LogP contribution in [0.4, 0.5) is 0 Å². The first kappa shape index (κ1) is 9.39. The average molecular weight is 202 g/mol. The van der Waals surface area contributed by atoms with E-state index in [9.17, 15) is 4.79 Å². The van der Waals surface area contributed by atoms with E-state index in [2.05, 4.69) is 10.1 Å². The first-order chi connectivity index (χ1) is 7.25. The molecule has 2 aromatic rings. The van der Waals surface area contributed by atoms with E-state index in [0.717, 1.165) is 5.56 Å². The van der Waals surface area contributed by atoms with Crippen molar-refractivity contribution in [3.8, 4) is 0 Å². The third-order valence-electron chi connectivity index (χ3n) is 1.96. The number of aromatic nitrogens is 3. The van der Waals surface area contributed by atoms with Crippen molar-refractivity contribution in [1.29, 1.82) is 0 Å². The maximum atomic E-state index is 10.8. The van der Waals surface area contributed by atoms with Crippen molar-refractivity contribution >= 4 is 5.91 Å². The van der Waals surface area contributed by atoms with E-state index in [4.69, 9.17) is 5.73 Å². The first-order valence-corrected chi connectivity index (χ1v) is 4.48. The zero-order valence-electron chi connectivity index (χ0n) is 8.00. The number of nitrogens with two attached hydrogens (primary N) is 1. The number of hydrogen-bond donors (Lipinski definition) is 1. The van der Waals surface area contributed by atoms with Crippen molar-refractivity contribution in [3.63, 3.8) is 0 Å². The minimum atomic E-state index is -0.514. The van der Waals surface area contributed by atoms with Crippen LogP contribution in [-0.4, -0.2) is 20.7 Å². The topological polar surface area (TPSA) is 73.8 Å². The van der Waals surface area contributed by atoms with Crippen molar-refractivity contribution < 1.29 is 4.79 Å². The van der Waals surface area contributed by atoms with Gasteiger partial charge in [-0.25, -0.2) is 0 Å². The monoisotopic (exact) mass is 202 g/mol. The summed E-state index contributed by atoms with van der Waals surface area (Å²) in [5.74, 6) is -0.514. The summed E-state index contributed by atoms with van der Waals surface area (Å²) in [7, 11) is 0. The normalized spacial score (nSPS) is 10.1. The number of hydrogen-bond acceptors (Lipinski definition) is 3. The van der Waals surface area contributed by atoms with Crippen molar-refractivity contribution in [3.05, 3.63) is 48.0 Å². The van der Waals surface area contributed by atoms with Crippen molar-refractivity contribution in [2.45, 2.75) is 6.54 Å². The molecule has 0 bridgehead atoms. The second kappa shape index (κ2) is 3.91. The Morgan fingerprint density at radius 1 is 1.47 bits per heavy atom. The maximum absolute atomic E-state index is 10.8. The summed E-state index contributed by atoms with van der Waals surface area (Å²) in [6, 6.07) is 5.39. The molecule has 0 aliphatic heterocycles. The standard InChI is InChI=1S/C10H10N4O/c11-10(15)9-3-5-14(13-9)7-8-2-1-4-12-6-8/h1-6H,7H2,(H2,11,15). The lowest BCUT2D eigenvalue weighted by atomic mass is 10.3. The van der Waals surface area contributed by atoms with E-state index in [-0.39, 0.29) is 5.69 Å². The van der Waals surface area contributed by atoms with Gasteiger partial charge in [0.25, 0.3) is 5.91 Å². The summed E-state index contributed by atoms with van der Waals surface area (Å²) in [4.78, 5) is 14.8. The molecule has 0 aromatic carbocycles. The molecule has 2 heterocycles. The van der Waals surface area contributed by atoms with Gasteiger partial charge >= 0.3 is 0 Å². The number of carbonyl (C=O) groups excluding carboxylic acids is 1. The van der Waals surface area contributed by atoms with E-state index in [1.807, 2.05) is 12.1 Å². The van der Waals surface area contributed by atoms with Crippen LogP contribution < -0.4 is 5.73 Å². The predicted octanol–water partition coefficient (Wildman–Crippen LogP) is 0.425. The minimum absolute atomic E-state index is 0.277. The SMILES string of the molecule is NC(=O)c1ccn(Cc2cccnc2)n1. The highest BCUT2D eigenvalue weighted by atomic mass is 16.1. The fraction of sp³-hybridized carbons (Fsp3) is 0.100. The summed E-state index contributed by atoms with van der Waals surface area (Å²) in [6.07, 6.45) is 5.18. The van der Waals surface area contributed by atoms with Crippen molar-refractivity contribution in [2.75, 3.05) is 0 Å². The lowest BCUT2D eigenvalue weighted by Crippen LogP contribution is -2.12. The van der Waals surface area contributed by atoms with Gasteiger partial charge in [0, 0.05) is 18.6 Å². The quantitative estimate of drug-likeness (QED) is 0.784. The van der Waals surface area contributed by atoms with Crippen molar-refractivity contribution in [2.24, 2.45) is 5.73 Å². The molecule has 0 aliphatic carbocycles. The first-order valence-electron chi connectivity index (χ1n) is 4.48. The molecule has 0 saturated carbocycles. The Balaban J connectivity index is 2.15. The zero-order valence-corrected chi connectivity index (χ0v) is 8.00. The van der Waals surface area contributed by atoms with E-state index >= 15 is 0 Å². The molecule has 2 rings (SSSR count). The Labute approximate surface area is 86.5 Å². The molecule has 1 amide bonds. The maximum Gasteiger partial charge on any atom is 0.269 e. The number of nitrogens with zero attached hydrogens (tertiary/aromatic N) is 3. The van der Waals surface area contributed by atoms with E-state index in [0.29, 0.717) is 6.54 Å². The molecule has 0 saturated heterocycles. The lowest BCUT2D eigenvalue weighted by molar-refractivity contribution is 0.0995. The van der Waals surface area contributed by atoms with Gasteiger partial charge in [-0.2, -0.15) is 5.10 Å². The molecule has 0 aliphatic rings. The second-order valence-corrected chi connectivity index (χ2v) is 3.12. The zero-order chi connectivity index (χ0) is 10.7. The van der Waals surface area contributed by atoms with E-state index in [1.165, 1.54) is 0 Å². The fourth-order valence-electron chi connectivity index (χ4n) is 1.26. The summed E-state index contributed by atoms with van der Waals surface area (Å²) in [5, 5.41) is 4.02. The van der Waals surface area contributed by atoms with Crippen LogP contribution in [0.1, 0.15) is 16.1 Å². The highest BCUT2D eigenvalue weighted by Gasteiger charge is 2.04. The van der Waals surface area contributed by atoms with Crippen LogP contribution in [0.3, 0.4) is 0 Å². The highest BCUT2D eigenvalue weighted by Crippen LogP contribution is 2.01. The third-order valence-corrected chi connectivity index (χ3v) is 1.96. The molecular weight excluding hydrogens is 192 g/mol. The van der Waals surface area contributed by atoms with Gasteiger partial charge in [0.1, 0.15) is 5.69 Å². The predicted molar refractivity (Wildman–Crippen MR) is 54.1 cm³/mol. The molecule has 0 fully saturated rings. The van der Waals surface area contributed by atoms with Gasteiger partial charge in [-0.3, -0.25) is 14.5 Å². The number of amides is 1. The van der Waals surface area contributed by atoms with E-state index < -0.39 is 5.91 Å². The summed E-state index contributed by atoms with van der Waals surface area (Å²) in [5.41, 5.74) is 6.39. The van der Waals surface area contributed by atoms with Crippen LogP contribution in [-0.2, 0) is 6.54 Å². The van der Waals surface area contributed by atoms with Crippen LogP contribution in [0.25, 0.3) is 0 Å². The summed E-state index contributed by atoms with van der Waals surface area (Å²) in [6.45, 7) is 0.584. The van der Waals surface area contributed by atoms with Gasteiger partial charge in [-0.1, -0.05) is 6.07 Å². The van der Waals surface area contributed by atoms with Crippen LogP contribution in [0.15, 0.2) is 36.8 Å². The Hall–Kier alpha value is -2.17.